The van der Waals surface area contributed by atoms with Gasteiger partial charge in [0.05, 0.1) is 24.7 Å². The fourth-order valence-corrected chi connectivity index (χ4v) is 2.40. The molecule has 1 aliphatic carbocycles. The van der Waals surface area contributed by atoms with Crippen LogP contribution >= 0.6 is 0 Å². The number of hydrogen-bond donors (Lipinski definition) is 1. The van der Waals surface area contributed by atoms with Gasteiger partial charge in [-0.25, -0.2) is 9.59 Å². The third-order valence-electron chi connectivity index (χ3n) is 3.76. The summed E-state index contributed by atoms with van der Waals surface area (Å²) >= 11 is 0. The summed E-state index contributed by atoms with van der Waals surface area (Å²) in [4.78, 5) is 34.1. The van der Waals surface area contributed by atoms with Crippen LogP contribution in [0.15, 0.2) is 12.1 Å². The van der Waals surface area contributed by atoms with Crippen LogP contribution in [0.3, 0.4) is 0 Å². The molecule has 11 heteroatoms. The van der Waals surface area contributed by atoms with Gasteiger partial charge in [-0.05, 0) is 24.8 Å². The number of ether oxygens (including phenoxy) is 3. The highest BCUT2D eigenvalue weighted by Gasteiger charge is 2.39. The molecule has 0 aliphatic heterocycles. The molecule has 0 bridgehead atoms. The van der Waals surface area contributed by atoms with Crippen LogP contribution in [0.1, 0.15) is 23.2 Å². The molecule has 1 N–H and O–H groups in total. The van der Waals surface area contributed by atoms with Crippen molar-refractivity contribution in [3.8, 4) is 5.75 Å². The molecular weight excluding hydrogens is 358 g/mol. The molecular formula is C15H16F2N2O7. The van der Waals surface area contributed by atoms with Gasteiger partial charge in [-0.2, -0.15) is 8.78 Å². The minimum absolute atomic E-state index is 0.151. The summed E-state index contributed by atoms with van der Waals surface area (Å²) in [6, 6.07) is 0.769. The quantitative estimate of drug-likeness (QED) is 0.419. The van der Waals surface area contributed by atoms with E-state index in [1.807, 2.05) is 0 Å². The third kappa shape index (κ3) is 4.35. The molecule has 1 atom stereocenters. The van der Waals surface area contributed by atoms with Gasteiger partial charge in [0.25, 0.3) is 5.69 Å². The zero-order valence-electron chi connectivity index (χ0n) is 13.9. The fraction of sp³-hybridized carbons (Fsp3) is 0.467. The summed E-state index contributed by atoms with van der Waals surface area (Å²) in [6.45, 7) is -3.31. The lowest BCUT2D eigenvalue weighted by Gasteiger charge is -2.20. The maximum Gasteiger partial charge on any atom is 0.387 e. The Hall–Kier alpha value is -2.98. The molecule has 0 heterocycles. The van der Waals surface area contributed by atoms with Gasteiger partial charge in [-0.15, -0.1) is 0 Å². The minimum atomic E-state index is -3.31. The Morgan fingerprint density at radius 2 is 1.92 bits per heavy atom. The van der Waals surface area contributed by atoms with Crippen molar-refractivity contribution < 1.29 is 37.5 Å². The number of benzene rings is 1. The summed E-state index contributed by atoms with van der Waals surface area (Å²) in [7, 11) is 2.18. The Bertz CT molecular complexity index is 722. The maximum absolute atomic E-state index is 12.8. The molecule has 0 spiro atoms. The summed E-state index contributed by atoms with van der Waals surface area (Å²) in [5, 5.41) is 14.0. The lowest BCUT2D eigenvalue weighted by atomic mass is 10.1. The van der Waals surface area contributed by atoms with Gasteiger partial charge in [0.15, 0.2) is 11.4 Å². The minimum Gasteiger partial charge on any atom is -0.467 e. The van der Waals surface area contributed by atoms with Crippen LogP contribution in [-0.4, -0.2) is 43.7 Å². The van der Waals surface area contributed by atoms with Crippen LogP contribution in [-0.2, 0) is 14.3 Å². The highest BCUT2D eigenvalue weighted by Crippen LogP contribution is 2.41. The first-order chi connectivity index (χ1) is 12.3. The first-order valence-electron chi connectivity index (χ1n) is 7.48. The number of nitrogens with zero attached hydrogens (tertiary/aromatic N) is 1. The van der Waals surface area contributed by atoms with Gasteiger partial charge in [0, 0.05) is 6.07 Å². The van der Waals surface area contributed by atoms with Crippen molar-refractivity contribution in [3.63, 3.8) is 0 Å². The van der Waals surface area contributed by atoms with Crippen molar-refractivity contribution in [2.75, 3.05) is 19.5 Å². The first kappa shape index (κ1) is 19.3. The number of carbonyl (C=O) groups excluding carboxylic acids is 2. The van der Waals surface area contributed by atoms with E-state index in [1.54, 1.807) is 0 Å². The van der Waals surface area contributed by atoms with Crippen molar-refractivity contribution >= 4 is 23.3 Å². The summed E-state index contributed by atoms with van der Waals surface area (Å²) in [5.74, 6) is -2.46. The normalized spacial score (nSPS) is 14.5. The molecule has 0 amide bonds. The summed E-state index contributed by atoms with van der Waals surface area (Å²) in [5.41, 5.74) is -1.50. The fourth-order valence-electron chi connectivity index (χ4n) is 2.40. The molecule has 1 aromatic rings. The van der Waals surface area contributed by atoms with Gasteiger partial charge in [0.2, 0.25) is 0 Å². The van der Waals surface area contributed by atoms with Crippen molar-refractivity contribution in [1.29, 1.82) is 0 Å². The molecule has 1 saturated carbocycles. The lowest BCUT2D eigenvalue weighted by molar-refractivity contribution is -0.384. The first-order valence-corrected chi connectivity index (χ1v) is 7.48. The maximum atomic E-state index is 12.8. The lowest BCUT2D eigenvalue weighted by Crippen LogP contribution is -2.33. The number of nitro benzene ring substituents is 1. The second kappa shape index (κ2) is 7.93. The van der Waals surface area contributed by atoms with E-state index in [1.165, 1.54) is 0 Å². The molecule has 1 aromatic carbocycles. The molecule has 26 heavy (non-hydrogen) atoms. The largest absolute Gasteiger partial charge is 0.467 e. The van der Waals surface area contributed by atoms with E-state index in [9.17, 15) is 28.5 Å². The molecule has 9 nitrogen and oxygen atoms in total. The predicted molar refractivity (Wildman–Crippen MR) is 83.2 cm³/mol. The highest BCUT2D eigenvalue weighted by molar-refractivity contribution is 5.93. The molecule has 0 aromatic heterocycles. The Morgan fingerprint density at radius 3 is 2.38 bits per heavy atom. The molecule has 142 valence electrons. The van der Waals surface area contributed by atoms with Gasteiger partial charge in [-0.3, -0.25) is 10.1 Å². The Balaban J connectivity index is 2.54. The number of halogens is 2. The molecule has 2 rings (SSSR count). The third-order valence-corrected chi connectivity index (χ3v) is 3.76. The van der Waals surface area contributed by atoms with Crippen LogP contribution in [0.25, 0.3) is 0 Å². The van der Waals surface area contributed by atoms with Crippen LogP contribution in [0, 0.1) is 16.0 Å². The molecule has 1 fully saturated rings. The molecule has 0 radical (unpaired) electrons. The van der Waals surface area contributed by atoms with E-state index < -0.39 is 46.6 Å². The van der Waals surface area contributed by atoms with E-state index in [4.69, 9.17) is 0 Å². The topological polar surface area (TPSA) is 117 Å². The molecule has 1 aliphatic rings. The van der Waals surface area contributed by atoms with Crippen LogP contribution in [0.5, 0.6) is 5.75 Å². The molecule has 1 unspecified atom stereocenters. The van der Waals surface area contributed by atoms with E-state index >= 15 is 0 Å². The van der Waals surface area contributed by atoms with Crippen molar-refractivity contribution in [2.45, 2.75) is 25.5 Å². The number of rotatable bonds is 8. The Labute approximate surface area is 146 Å². The van der Waals surface area contributed by atoms with Crippen molar-refractivity contribution in [1.82, 2.24) is 0 Å². The van der Waals surface area contributed by atoms with E-state index in [-0.39, 0.29) is 11.5 Å². The smallest absolute Gasteiger partial charge is 0.387 e. The number of methoxy groups -OCH3 is 2. The zero-order valence-corrected chi connectivity index (χ0v) is 13.9. The summed E-state index contributed by atoms with van der Waals surface area (Å²) < 4.78 is 38.9. The number of alkyl halides is 2. The van der Waals surface area contributed by atoms with Crippen LogP contribution in [0.2, 0.25) is 0 Å². The zero-order chi connectivity index (χ0) is 19.4. The van der Waals surface area contributed by atoms with E-state index in [0.717, 1.165) is 26.4 Å². The standard InChI is InChI=1S/C15H16F2N2O7/c1-24-13(20)8-5-9(19(22)23)12(10(6-8)26-15(16)17)18-11(7-3-4-7)14(21)25-2/h5-7,11,15,18H,3-4H2,1-2H3. The SMILES string of the molecule is COC(=O)c1cc(OC(F)F)c(NC(C(=O)OC)C2CC2)c([N+](=O)[O-])c1. The Kier molecular flexibility index (Phi) is 5.90. The highest BCUT2D eigenvalue weighted by atomic mass is 19.3. The summed E-state index contributed by atoms with van der Waals surface area (Å²) in [6.07, 6.45) is 1.34. The number of carbonyl (C=O) groups is 2. The number of anilines is 1. The number of nitro groups is 1. The molecule has 0 saturated heterocycles. The monoisotopic (exact) mass is 374 g/mol. The second-order valence-corrected chi connectivity index (χ2v) is 5.48. The van der Waals surface area contributed by atoms with Crippen LogP contribution < -0.4 is 10.1 Å². The van der Waals surface area contributed by atoms with E-state index in [0.29, 0.717) is 12.8 Å². The van der Waals surface area contributed by atoms with Gasteiger partial charge in [-0.1, -0.05) is 0 Å². The average Bonchev–Trinajstić information content (AvgIpc) is 3.42. The number of hydrogen-bond acceptors (Lipinski definition) is 8. The average molecular weight is 374 g/mol. The number of esters is 2. The van der Waals surface area contributed by atoms with Gasteiger partial charge < -0.3 is 19.5 Å². The van der Waals surface area contributed by atoms with Crippen molar-refractivity contribution in [2.24, 2.45) is 5.92 Å². The van der Waals surface area contributed by atoms with Gasteiger partial charge in [0.1, 0.15) is 6.04 Å². The Morgan fingerprint density at radius 1 is 1.27 bits per heavy atom. The van der Waals surface area contributed by atoms with Crippen LogP contribution in [0.4, 0.5) is 20.2 Å². The van der Waals surface area contributed by atoms with Crippen molar-refractivity contribution in [3.05, 3.63) is 27.8 Å². The predicted octanol–water partition coefficient (Wildman–Crippen LogP) is 2.35. The second-order valence-electron chi connectivity index (χ2n) is 5.48. The van der Waals surface area contributed by atoms with E-state index in [2.05, 4.69) is 19.5 Å². The van der Waals surface area contributed by atoms with Gasteiger partial charge >= 0.3 is 18.6 Å². The number of nitrogens with one attached hydrogen (secondary N) is 1.